The zero-order valence-electron chi connectivity index (χ0n) is 14.7. The molecule has 6 heteroatoms. The second kappa shape index (κ2) is 6.02. The second-order valence-electron chi connectivity index (χ2n) is 7.64. The van der Waals surface area contributed by atoms with Crippen molar-refractivity contribution < 1.29 is 14.7 Å². The Balaban J connectivity index is 1.67. The molecule has 1 aliphatic carbocycles. The highest BCUT2D eigenvalue weighted by Gasteiger charge is 2.56. The Labute approximate surface area is 147 Å². The smallest absolute Gasteiger partial charge is 0.318 e. The first-order valence-electron chi connectivity index (χ1n) is 9.13. The minimum Gasteiger partial charge on any atom is -0.394 e. The fourth-order valence-corrected chi connectivity index (χ4v) is 4.25. The summed E-state index contributed by atoms with van der Waals surface area (Å²) in [4.78, 5) is 28.9. The van der Waals surface area contributed by atoms with Crippen molar-refractivity contribution in [2.75, 3.05) is 18.1 Å². The number of hydrogen-bond donors (Lipinski definition) is 2. The number of urea groups is 1. The van der Waals surface area contributed by atoms with Crippen molar-refractivity contribution in [2.24, 2.45) is 5.92 Å². The van der Waals surface area contributed by atoms with E-state index in [1.54, 1.807) is 4.90 Å². The number of anilines is 1. The van der Waals surface area contributed by atoms with Crippen molar-refractivity contribution in [3.05, 3.63) is 29.8 Å². The normalized spacial score (nSPS) is 27.4. The molecule has 25 heavy (non-hydrogen) atoms. The van der Waals surface area contributed by atoms with Crippen LogP contribution < -0.4 is 10.2 Å². The number of aliphatic hydroxyl groups excluding tert-OH is 1. The molecular formula is C19H25N3O3. The lowest BCUT2D eigenvalue weighted by atomic mass is 9.72. The van der Waals surface area contributed by atoms with E-state index in [0.29, 0.717) is 6.54 Å². The highest BCUT2D eigenvalue weighted by molar-refractivity contribution is 5.98. The van der Waals surface area contributed by atoms with Gasteiger partial charge in [0.05, 0.1) is 18.7 Å². The van der Waals surface area contributed by atoms with Gasteiger partial charge in [-0.3, -0.25) is 4.79 Å². The van der Waals surface area contributed by atoms with Gasteiger partial charge in [-0.05, 0) is 38.3 Å². The summed E-state index contributed by atoms with van der Waals surface area (Å²) in [7, 11) is 0. The highest BCUT2D eigenvalue weighted by Crippen LogP contribution is 2.49. The van der Waals surface area contributed by atoms with Gasteiger partial charge in [0.25, 0.3) is 0 Å². The quantitative estimate of drug-likeness (QED) is 0.877. The van der Waals surface area contributed by atoms with Crippen molar-refractivity contribution in [3.8, 4) is 0 Å². The summed E-state index contributed by atoms with van der Waals surface area (Å²) in [5.74, 6) is 0.390. The summed E-state index contributed by atoms with van der Waals surface area (Å²) in [5, 5.41) is 12.8. The molecule has 0 bridgehead atoms. The summed E-state index contributed by atoms with van der Waals surface area (Å²) < 4.78 is 0. The lowest BCUT2D eigenvalue weighted by Gasteiger charge is -2.58. The molecule has 1 saturated heterocycles. The molecule has 0 aromatic heterocycles. The predicted molar refractivity (Wildman–Crippen MR) is 94.4 cm³/mol. The fourth-order valence-electron chi connectivity index (χ4n) is 4.25. The molecule has 1 aromatic rings. The lowest BCUT2D eigenvalue weighted by Crippen LogP contribution is -2.72. The van der Waals surface area contributed by atoms with Crippen LogP contribution in [0.5, 0.6) is 0 Å². The Hall–Kier alpha value is -2.08. The Morgan fingerprint density at radius 3 is 2.64 bits per heavy atom. The van der Waals surface area contributed by atoms with Gasteiger partial charge in [-0.25, -0.2) is 4.79 Å². The number of benzene rings is 1. The first kappa shape index (κ1) is 16.4. The molecule has 4 rings (SSSR count). The van der Waals surface area contributed by atoms with E-state index < -0.39 is 0 Å². The van der Waals surface area contributed by atoms with E-state index in [1.807, 2.05) is 43.0 Å². The largest absolute Gasteiger partial charge is 0.394 e. The third-order valence-electron chi connectivity index (χ3n) is 5.53. The number of hydrogen-bond acceptors (Lipinski definition) is 3. The van der Waals surface area contributed by atoms with Gasteiger partial charge in [-0.1, -0.05) is 18.2 Å². The maximum absolute atomic E-state index is 12.8. The van der Waals surface area contributed by atoms with Crippen molar-refractivity contribution in [1.29, 1.82) is 0 Å². The number of rotatable bonds is 3. The number of amides is 3. The Morgan fingerprint density at radius 2 is 2.00 bits per heavy atom. The summed E-state index contributed by atoms with van der Waals surface area (Å²) in [5.41, 5.74) is 2.02. The first-order valence-corrected chi connectivity index (χ1v) is 9.13. The number of nitrogens with zero attached hydrogens (tertiary/aromatic N) is 2. The zero-order valence-corrected chi connectivity index (χ0v) is 14.7. The molecule has 2 aliphatic heterocycles. The third-order valence-corrected chi connectivity index (χ3v) is 5.53. The van der Waals surface area contributed by atoms with Crippen LogP contribution in [0.1, 0.15) is 38.2 Å². The van der Waals surface area contributed by atoms with Crippen LogP contribution in [0.25, 0.3) is 0 Å². The first-order chi connectivity index (χ1) is 12.0. The van der Waals surface area contributed by atoms with E-state index in [1.165, 1.54) is 0 Å². The Morgan fingerprint density at radius 1 is 1.28 bits per heavy atom. The minimum absolute atomic E-state index is 0.0333. The molecule has 1 aromatic carbocycles. The molecule has 3 amide bonds. The number of nitrogens with one attached hydrogen (secondary N) is 1. The summed E-state index contributed by atoms with van der Waals surface area (Å²) in [6.45, 7) is 4.28. The number of likely N-dealkylation sites (tertiary alicyclic amines) is 1. The van der Waals surface area contributed by atoms with Crippen molar-refractivity contribution in [3.63, 3.8) is 0 Å². The third kappa shape index (κ3) is 2.59. The topological polar surface area (TPSA) is 72.9 Å². The number of para-hydroxylation sites is 1. The predicted octanol–water partition coefficient (Wildman–Crippen LogP) is 1.69. The van der Waals surface area contributed by atoms with Crippen LogP contribution in [0.2, 0.25) is 0 Å². The molecule has 0 radical (unpaired) electrons. The number of fused-ring (bicyclic) bond motifs is 3. The summed E-state index contributed by atoms with van der Waals surface area (Å²) >= 11 is 0. The average molecular weight is 343 g/mol. The summed E-state index contributed by atoms with van der Waals surface area (Å²) in [6, 6.07) is 7.49. The van der Waals surface area contributed by atoms with Gasteiger partial charge < -0.3 is 20.2 Å². The van der Waals surface area contributed by atoms with Gasteiger partial charge in [-0.2, -0.15) is 0 Å². The zero-order chi connectivity index (χ0) is 17.7. The number of aliphatic hydroxyl groups is 1. The molecule has 3 atom stereocenters. The molecule has 0 spiro atoms. The lowest BCUT2D eigenvalue weighted by molar-refractivity contribution is -0.120. The minimum atomic E-state index is -0.233. The van der Waals surface area contributed by atoms with Gasteiger partial charge in [0, 0.05) is 30.1 Å². The Bertz CT molecular complexity index is 701. The van der Waals surface area contributed by atoms with E-state index in [4.69, 9.17) is 0 Å². The molecule has 6 nitrogen and oxygen atoms in total. The van der Waals surface area contributed by atoms with Gasteiger partial charge in [0.15, 0.2) is 0 Å². The molecular weight excluding hydrogens is 318 g/mol. The van der Waals surface area contributed by atoms with Crippen LogP contribution >= 0.6 is 0 Å². The van der Waals surface area contributed by atoms with Gasteiger partial charge in [-0.15, -0.1) is 0 Å². The summed E-state index contributed by atoms with van der Waals surface area (Å²) in [6.07, 6.45) is 1.92. The van der Waals surface area contributed by atoms with Crippen molar-refractivity contribution >= 4 is 17.6 Å². The molecule has 3 aliphatic rings. The maximum atomic E-state index is 12.8. The van der Waals surface area contributed by atoms with Gasteiger partial charge >= 0.3 is 6.03 Å². The number of carbonyl (C=O) groups is 2. The van der Waals surface area contributed by atoms with Crippen LogP contribution in [0.4, 0.5) is 10.5 Å². The Kier molecular flexibility index (Phi) is 3.95. The van der Waals surface area contributed by atoms with E-state index >= 15 is 0 Å². The van der Waals surface area contributed by atoms with E-state index in [2.05, 4.69) is 5.32 Å². The van der Waals surface area contributed by atoms with E-state index in [0.717, 1.165) is 24.1 Å². The molecule has 0 unspecified atom stereocenters. The average Bonchev–Trinajstić information content (AvgIpc) is 3.39. The van der Waals surface area contributed by atoms with Crippen LogP contribution in [0, 0.1) is 5.92 Å². The van der Waals surface area contributed by atoms with Gasteiger partial charge in [0.1, 0.15) is 0 Å². The SMILES string of the molecule is CC(C)NC(=O)N1[C@H](CO)[C@@H]2c3ccccc3N(C(=O)C3CC3)C[C@@H]21. The van der Waals surface area contributed by atoms with Gasteiger partial charge in [0.2, 0.25) is 5.91 Å². The molecule has 2 fully saturated rings. The van der Waals surface area contributed by atoms with Crippen molar-refractivity contribution in [2.45, 2.75) is 50.7 Å². The van der Waals surface area contributed by atoms with Crippen LogP contribution in [0.15, 0.2) is 24.3 Å². The fraction of sp³-hybridized carbons (Fsp3) is 0.579. The van der Waals surface area contributed by atoms with Crippen molar-refractivity contribution in [1.82, 2.24) is 10.2 Å². The second-order valence-corrected chi connectivity index (χ2v) is 7.64. The highest BCUT2D eigenvalue weighted by atomic mass is 16.3. The standard InChI is InChI=1S/C19H25N3O3/c1-11(2)20-19(25)22-15-9-21(18(24)12-7-8-12)14-6-4-3-5-13(14)17(15)16(22)10-23/h3-6,11-12,15-17,23H,7-10H2,1-2H3,(H,20,25)/t15-,16+,17+/m0/s1. The van der Waals surface area contributed by atoms with Crippen LogP contribution in [-0.4, -0.2) is 53.2 Å². The van der Waals surface area contributed by atoms with Crippen LogP contribution in [0.3, 0.4) is 0 Å². The maximum Gasteiger partial charge on any atom is 0.318 e. The molecule has 134 valence electrons. The number of carbonyl (C=O) groups excluding carboxylic acids is 2. The molecule has 2 heterocycles. The van der Waals surface area contributed by atoms with E-state index in [9.17, 15) is 14.7 Å². The van der Waals surface area contributed by atoms with E-state index in [-0.39, 0.29) is 48.5 Å². The molecule has 2 N–H and O–H groups in total. The molecule has 1 saturated carbocycles. The van der Waals surface area contributed by atoms with Crippen LogP contribution in [-0.2, 0) is 4.79 Å². The monoisotopic (exact) mass is 343 g/mol.